The highest BCUT2D eigenvalue weighted by atomic mass is 16.5. The summed E-state index contributed by atoms with van der Waals surface area (Å²) in [7, 11) is 1.64. The van der Waals surface area contributed by atoms with Gasteiger partial charge in [-0.2, -0.15) is 0 Å². The van der Waals surface area contributed by atoms with Crippen LogP contribution in [-0.4, -0.2) is 18.2 Å². The normalized spacial score (nSPS) is 18.2. The first kappa shape index (κ1) is 14.9. The molecule has 0 spiro atoms. The van der Waals surface area contributed by atoms with Crippen LogP contribution in [0.25, 0.3) is 0 Å². The minimum absolute atomic E-state index is 0.264. The van der Waals surface area contributed by atoms with E-state index in [9.17, 15) is 9.90 Å². The largest absolute Gasteiger partial charge is 0.497 e. The first-order valence-corrected chi connectivity index (χ1v) is 7.56. The van der Waals surface area contributed by atoms with E-state index in [4.69, 9.17) is 4.74 Å². The zero-order valence-electron chi connectivity index (χ0n) is 12.2. The molecule has 0 heterocycles. The van der Waals surface area contributed by atoms with E-state index in [1.165, 1.54) is 25.7 Å². The molecule has 0 saturated heterocycles. The van der Waals surface area contributed by atoms with Crippen molar-refractivity contribution < 1.29 is 14.6 Å². The molecule has 110 valence electrons. The molecule has 3 heteroatoms. The second-order valence-electron chi connectivity index (χ2n) is 5.75. The summed E-state index contributed by atoms with van der Waals surface area (Å²) < 4.78 is 5.21. The Morgan fingerprint density at radius 1 is 1.30 bits per heavy atom. The second-order valence-corrected chi connectivity index (χ2v) is 5.75. The third-order valence-corrected chi connectivity index (χ3v) is 4.38. The fraction of sp³-hybridized carbons (Fsp3) is 0.588. The summed E-state index contributed by atoms with van der Waals surface area (Å²) in [5.74, 6) is 0.202. The molecule has 1 saturated carbocycles. The van der Waals surface area contributed by atoms with E-state index in [2.05, 4.69) is 0 Å². The number of carboxylic acid groups (broad SMARTS) is 1. The van der Waals surface area contributed by atoms with Crippen molar-refractivity contribution in [2.45, 2.75) is 44.9 Å². The summed E-state index contributed by atoms with van der Waals surface area (Å²) in [6.45, 7) is 0. The molecule has 0 aliphatic heterocycles. The van der Waals surface area contributed by atoms with E-state index in [1.54, 1.807) is 7.11 Å². The van der Waals surface area contributed by atoms with Gasteiger partial charge < -0.3 is 9.84 Å². The molecule has 1 fully saturated rings. The molecule has 1 aromatic rings. The van der Waals surface area contributed by atoms with Crippen molar-refractivity contribution in [3.8, 4) is 5.75 Å². The molecule has 1 aromatic carbocycles. The highest BCUT2D eigenvalue weighted by molar-refractivity contribution is 5.70. The Balaban J connectivity index is 2.09. The Bertz CT molecular complexity index is 434. The molecule has 0 radical (unpaired) electrons. The fourth-order valence-electron chi connectivity index (χ4n) is 3.22. The lowest BCUT2D eigenvalue weighted by molar-refractivity contribution is -0.143. The number of hydrogen-bond donors (Lipinski definition) is 1. The zero-order chi connectivity index (χ0) is 14.4. The van der Waals surface area contributed by atoms with Crippen LogP contribution in [0.2, 0.25) is 0 Å². The van der Waals surface area contributed by atoms with Gasteiger partial charge in [0.2, 0.25) is 0 Å². The monoisotopic (exact) mass is 276 g/mol. The minimum Gasteiger partial charge on any atom is -0.497 e. The van der Waals surface area contributed by atoms with Gasteiger partial charge in [-0.25, -0.2) is 0 Å². The molecule has 2 rings (SSSR count). The van der Waals surface area contributed by atoms with Crippen LogP contribution in [-0.2, 0) is 11.2 Å². The lowest BCUT2D eigenvalue weighted by Crippen LogP contribution is -2.25. The Hall–Kier alpha value is -1.51. The van der Waals surface area contributed by atoms with E-state index >= 15 is 0 Å². The summed E-state index contributed by atoms with van der Waals surface area (Å²) in [4.78, 5) is 11.6. The van der Waals surface area contributed by atoms with Gasteiger partial charge in [-0.3, -0.25) is 4.79 Å². The van der Waals surface area contributed by atoms with Gasteiger partial charge in [0, 0.05) is 0 Å². The molecule has 1 aliphatic rings. The Kier molecular flexibility index (Phi) is 5.45. The number of methoxy groups -OCH3 is 1. The van der Waals surface area contributed by atoms with Gasteiger partial charge >= 0.3 is 5.97 Å². The summed E-state index contributed by atoms with van der Waals surface area (Å²) in [6, 6.07) is 7.77. The molecule has 1 atom stereocenters. The Morgan fingerprint density at radius 2 is 2.00 bits per heavy atom. The van der Waals surface area contributed by atoms with Crippen LogP contribution in [0.3, 0.4) is 0 Å². The third kappa shape index (κ3) is 3.99. The van der Waals surface area contributed by atoms with Crippen molar-refractivity contribution in [3.63, 3.8) is 0 Å². The topological polar surface area (TPSA) is 46.5 Å². The highest BCUT2D eigenvalue weighted by Crippen LogP contribution is 2.31. The molecule has 20 heavy (non-hydrogen) atoms. The Morgan fingerprint density at radius 3 is 2.60 bits per heavy atom. The fourth-order valence-corrected chi connectivity index (χ4v) is 3.22. The molecular formula is C17H24O3. The number of rotatable bonds is 5. The number of hydrogen-bond acceptors (Lipinski definition) is 2. The molecular weight excluding hydrogens is 252 g/mol. The standard InChI is InChI=1S/C17H24O3/c1-20-15-10-6-7-13(11-15)12-16(17(18)19)14-8-4-2-3-5-9-14/h6-7,10-11,14,16H,2-5,8-9,12H2,1H3,(H,18,19). The quantitative estimate of drug-likeness (QED) is 0.829. The summed E-state index contributed by atoms with van der Waals surface area (Å²) in [6.07, 6.45) is 7.57. The maximum absolute atomic E-state index is 11.6. The average molecular weight is 276 g/mol. The van der Waals surface area contributed by atoms with E-state index < -0.39 is 5.97 Å². The maximum Gasteiger partial charge on any atom is 0.307 e. The third-order valence-electron chi connectivity index (χ3n) is 4.38. The van der Waals surface area contributed by atoms with Crippen LogP contribution in [0.4, 0.5) is 0 Å². The molecule has 3 nitrogen and oxygen atoms in total. The van der Waals surface area contributed by atoms with Crippen molar-refractivity contribution in [1.29, 1.82) is 0 Å². The molecule has 0 aromatic heterocycles. The lowest BCUT2D eigenvalue weighted by atomic mass is 9.82. The number of carboxylic acids is 1. The van der Waals surface area contributed by atoms with E-state index in [0.717, 1.165) is 24.2 Å². The van der Waals surface area contributed by atoms with Gasteiger partial charge in [0.1, 0.15) is 5.75 Å². The van der Waals surface area contributed by atoms with Crippen LogP contribution >= 0.6 is 0 Å². The minimum atomic E-state index is -0.653. The number of ether oxygens (including phenoxy) is 1. The first-order chi connectivity index (χ1) is 9.70. The predicted octanol–water partition coefficient (Wildman–Crippen LogP) is 3.91. The maximum atomic E-state index is 11.6. The number of benzene rings is 1. The highest BCUT2D eigenvalue weighted by Gasteiger charge is 2.28. The van der Waals surface area contributed by atoms with Crippen molar-refractivity contribution >= 4 is 5.97 Å². The second kappa shape index (κ2) is 7.32. The smallest absolute Gasteiger partial charge is 0.307 e. The molecule has 1 aliphatic carbocycles. The van der Waals surface area contributed by atoms with E-state index in [0.29, 0.717) is 12.3 Å². The molecule has 1 N–H and O–H groups in total. The SMILES string of the molecule is COc1cccc(CC(C(=O)O)C2CCCCCC2)c1. The lowest BCUT2D eigenvalue weighted by Gasteiger charge is -2.22. The number of carbonyl (C=O) groups is 1. The average Bonchev–Trinajstić information content (AvgIpc) is 2.73. The molecule has 0 bridgehead atoms. The number of aliphatic carboxylic acids is 1. The Labute approximate surface area is 121 Å². The van der Waals surface area contributed by atoms with Crippen molar-refractivity contribution in [2.24, 2.45) is 11.8 Å². The van der Waals surface area contributed by atoms with E-state index in [1.807, 2.05) is 24.3 Å². The van der Waals surface area contributed by atoms with Crippen LogP contribution in [0.5, 0.6) is 5.75 Å². The summed E-state index contributed by atoms with van der Waals surface area (Å²) in [5.41, 5.74) is 1.06. The van der Waals surface area contributed by atoms with Gasteiger partial charge in [0.05, 0.1) is 13.0 Å². The predicted molar refractivity (Wildman–Crippen MR) is 79.0 cm³/mol. The van der Waals surface area contributed by atoms with Crippen molar-refractivity contribution in [1.82, 2.24) is 0 Å². The first-order valence-electron chi connectivity index (χ1n) is 7.56. The van der Waals surface area contributed by atoms with Crippen LogP contribution in [0, 0.1) is 11.8 Å². The van der Waals surface area contributed by atoms with Crippen molar-refractivity contribution in [2.75, 3.05) is 7.11 Å². The van der Waals surface area contributed by atoms with Gasteiger partial charge in [0.15, 0.2) is 0 Å². The zero-order valence-corrected chi connectivity index (χ0v) is 12.2. The summed E-state index contributed by atoms with van der Waals surface area (Å²) >= 11 is 0. The van der Waals surface area contributed by atoms with E-state index in [-0.39, 0.29) is 5.92 Å². The van der Waals surface area contributed by atoms with Gasteiger partial charge in [-0.1, -0.05) is 37.8 Å². The van der Waals surface area contributed by atoms with Gasteiger partial charge in [-0.15, -0.1) is 0 Å². The van der Waals surface area contributed by atoms with Gasteiger partial charge in [-0.05, 0) is 42.9 Å². The van der Waals surface area contributed by atoms with Crippen LogP contribution in [0.1, 0.15) is 44.1 Å². The molecule has 0 amide bonds. The summed E-state index contributed by atoms with van der Waals surface area (Å²) in [5, 5.41) is 9.57. The van der Waals surface area contributed by atoms with Crippen molar-refractivity contribution in [3.05, 3.63) is 29.8 Å². The van der Waals surface area contributed by atoms with Crippen LogP contribution < -0.4 is 4.74 Å². The van der Waals surface area contributed by atoms with Gasteiger partial charge in [0.25, 0.3) is 0 Å². The molecule has 1 unspecified atom stereocenters. The van der Waals surface area contributed by atoms with Crippen LogP contribution in [0.15, 0.2) is 24.3 Å².